The van der Waals surface area contributed by atoms with Crippen molar-refractivity contribution in [1.29, 1.82) is 0 Å². The van der Waals surface area contributed by atoms with Crippen LogP contribution in [0.3, 0.4) is 0 Å². The van der Waals surface area contributed by atoms with Crippen LogP contribution in [0.5, 0.6) is 0 Å². The molecule has 0 aromatic heterocycles. The third-order valence-electron chi connectivity index (χ3n) is 3.39. The van der Waals surface area contributed by atoms with Gasteiger partial charge in [0, 0.05) is 6.04 Å². The molecule has 3 nitrogen and oxygen atoms in total. The van der Waals surface area contributed by atoms with Gasteiger partial charge < -0.3 is 27.2 Å². The maximum absolute atomic E-state index is 11.5. The fraction of sp³-hybridized carbons (Fsp3) is 0.471. The number of carbonyl (C=O) groups excluding carboxylic acids is 1. The second-order valence-electron chi connectivity index (χ2n) is 5.53. The van der Waals surface area contributed by atoms with E-state index in [1.807, 2.05) is 6.07 Å². The number of amides is 1. The number of hydrogen-bond acceptors (Lipinski definition) is 1. The summed E-state index contributed by atoms with van der Waals surface area (Å²) in [5.74, 6) is -0.0692. The largest absolute Gasteiger partial charge is 1.00 e. The Bertz CT molecular complexity index is 407. The topological polar surface area (TPSA) is 33.5 Å². The summed E-state index contributed by atoms with van der Waals surface area (Å²) in [7, 11) is 4.31. The Hall–Kier alpha value is -1.13. The van der Waals surface area contributed by atoms with Gasteiger partial charge >= 0.3 is 0 Å². The molecule has 4 heteroatoms. The quantitative estimate of drug-likeness (QED) is 0.505. The molecule has 0 aliphatic heterocycles. The van der Waals surface area contributed by atoms with Gasteiger partial charge in [-0.3, -0.25) is 4.79 Å². The van der Waals surface area contributed by atoms with E-state index in [2.05, 4.69) is 50.3 Å². The van der Waals surface area contributed by atoms with Crippen molar-refractivity contribution in [3.8, 4) is 0 Å². The third-order valence-corrected chi connectivity index (χ3v) is 3.39. The summed E-state index contributed by atoms with van der Waals surface area (Å²) in [5.41, 5.74) is 1.32. The molecule has 1 aromatic rings. The molecule has 1 amide bonds. The Morgan fingerprint density at radius 3 is 2.52 bits per heavy atom. The number of carbonyl (C=O) groups is 1. The second-order valence-corrected chi connectivity index (χ2v) is 5.53. The first-order valence-electron chi connectivity index (χ1n) is 7.37. The molecule has 0 aliphatic carbocycles. The van der Waals surface area contributed by atoms with E-state index in [4.69, 9.17) is 0 Å². The van der Waals surface area contributed by atoms with Crippen LogP contribution in [0, 0.1) is 0 Å². The highest BCUT2D eigenvalue weighted by Crippen LogP contribution is 2.08. The van der Waals surface area contributed by atoms with Gasteiger partial charge in [0.15, 0.2) is 0 Å². The van der Waals surface area contributed by atoms with E-state index in [-0.39, 0.29) is 28.9 Å². The van der Waals surface area contributed by atoms with Crippen molar-refractivity contribution in [2.24, 2.45) is 0 Å². The molecule has 0 fully saturated rings. The number of aryl methyl sites for hydroxylation is 1. The number of quaternary nitrogens is 1. The third kappa shape index (κ3) is 9.43. The molecule has 0 saturated carbocycles. The van der Waals surface area contributed by atoms with Gasteiger partial charge in [-0.2, -0.15) is 0 Å². The lowest BCUT2D eigenvalue weighted by Gasteiger charge is -2.18. The predicted octanol–water partition coefficient (Wildman–Crippen LogP) is -1.78. The highest BCUT2D eigenvalue weighted by Gasteiger charge is 2.11. The summed E-state index contributed by atoms with van der Waals surface area (Å²) >= 11 is 0. The lowest BCUT2D eigenvalue weighted by Crippen LogP contribution is -3.05. The van der Waals surface area contributed by atoms with Crippen LogP contribution in [0.25, 0.3) is 0 Å². The average molecular weight is 355 g/mol. The summed E-state index contributed by atoms with van der Waals surface area (Å²) < 4.78 is 0. The number of hydrogen-bond donors (Lipinski definition) is 2. The van der Waals surface area contributed by atoms with Gasteiger partial charge in [-0.25, -0.2) is 0 Å². The van der Waals surface area contributed by atoms with E-state index in [0.29, 0.717) is 0 Å². The Morgan fingerprint density at radius 2 is 1.95 bits per heavy atom. The molecule has 0 aliphatic rings. The summed E-state index contributed by atoms with van der Waals surface area (Å²) in [4.78, 5) is 12.9. The smallest absolute Gasteiger partial charge is 0.243 e. The van der Waals surface area contributed by atoms with Crippen LogP contribution in [0.1, 0.15) is 24.8 Å². The minimum absolute atomic E-state index is 0. The number of halogens is 1. The maximum atomic E-state index is 11.5. The number of benzene rings is 1. The van der Waals surface area contributed by atoms with Gasteiger partial charge in [0.05, 0.1) is 20.6 Å². The molecule has 1 unspecified atom stereocenters. The first-order valence-corrected chi connectivity index (χ1v) is 7.37. The molecular formula is C17H27BrN2O. The number of nitrogens with one attached hydrogen (secondary N) is 2. The minimum atomic E-state index is -0.0692. The molecule has 0 bridgehead atoms. The van der Waals surface area contributed by atoms with Crippen molar-refractivity contribution in [2.75, 3.05) is 20.6 Å². The molecule has 21 heavy (non-hydrogen) atoms. The molecule has 0 radical (unpaired) electrons. The van der Waals surface area contributed by atoms with Crippen molar-refractivity contribution >= 4 is 5.91 Å². The Kier molecular flexibility index (Phi) is 10.9. The van der Waals surface area contributed by atoms with E-state index in [0.717, 1.165) is 32.2 Å². The van der Waals surface area contributed by atoms with Crippen molar-refractivity contribution in [2.45, 2.75) is 31.7 Å². The zero-order chi connectivity index (χ0) is 14.8. The van der Waals surface area contributed by atoms with Crippen LogP contribution in [0.4, 0.5) is 0 Å². The van der Waals surface area contributed by atoms with Gasteiger partial charge in [-0.15, -0.1) is 0 Å². The summed E-state index contributed by atoms with van der Waals surface area (Å²) in [6.07, 6.45) is 5.48. The lowest BCUT2D eigenvalue weighted by atomic mass is 10.0. The molecule has 0 saturated heterocycles. The van der Waals surface area contributed by atoms with E-state index in [1.54, 1.807) is 0 Å². The Morgan fingerprint density at radius 1 is 1.29 bits per heavy atom. The molecule has 1 rings (SSSR count). The summed E-state index contributed by atoms with van der Waals surface area (Å²) in [6, 6.07) is 10.7. The normalized spacial score (nSPS) is 11.6. The van der Waals surface area contributed by atoms with Gasteiger partial charge in [-0.05, 0) is 37.3 Å². The molecular weight excluding hydrogens is 328 g/mol. The van der Waals surface area contributed by atoms with Gasteiger partial charge in [0.25, 0.3) is 0 Å². The van der Waals surface area contributed by atoms with Gasteiger partial charge in [-0.1, -0.05) is 36.9 Å². The fourth-order valence-electron chi connectivity index (χ4n) is 2.24. The predicted molar refractivity (Wildman–Crippen MR) is 83.8 cm³/mol. The SMILES string of the molecule is C=CC(=O)NC(CCC[NH+](C)C)CCc1ccccc1.[Br-]. The van der Waals surface area contributed by atoms with Crippen molar-refractivity contribution in [1.82, 2.24) is 5.32 Å². The number of rotatable bonds is 9. The second kappa shape index (κ2) is 11.5. The highest BCUT2D eigenvalue weighted by atomic mass is 79.9. The molecule has 0 heterocycles. The summed E-state index contributed by atoms with van der Waals surface area (Å²) in [6.45, 7) is 4.66. The Labute approximate surface area is 139 Å². The fourth-order valence-corrected chi connectivity index (χ4v) is 2.24. The zero-order valence-corrected chi connectivity index (χ0v) is 14.7. The molecule has 0 spiro atoms. The Balaban J connectivity index is 0.00000400. The summed E-state index contributed by atoms with van der Waals surface area (Å²) in [5, 5.41) is 3.04. The van der Waals surface area contributed by atoms with Crippen molar-refractivity contribution in [3.05, 3.63) is 48.6 Å². The lowest BCUT2D eigenvalue weighted by molar-refractivity contribution is -0.858. The van der Waals surface area contributed by atoms with E-state index in [9.17, 15) is 4.79 Å². The molecule has 2 N–H and O–H groups in total. The standard InChI is InChI=1S/C17H26N2O.BrH/c1-4-17(20)18-16(11-8-14-19(2)3)13-12-15-9-6-5-7-10-15;/h4-7,9-10,16H,1,8,11-14H2,2-3H3,(H,18,20);1H. The first-order chi connectivity index (χ1) is 9.61. The molecule has 118 valence electrons. The first kappa shape index (κ1) is 19.9. The van der Waals surface area contributed by atoms with Crippen LogP contribution >= 0.6 is 0 Å². The van der Waals surface area contributed by atoms with Crippen molar-refractivity contribution in [3.63, 3.8) is 0 Å². The highest BCUT2D eigenvalue weighted by molar-refractivity contribution is 5.87. The van der Waals surface area contributed by atoms with E-state index < -0.39 is 0 Å². The van der Waals surface area contributed by atoms with E-state index >= 15 is 0 Å². The van der Waals surface area contributed by atoms with Crippen LogP contribution in [-0.4, -0.2) is 32.6 Å². The van der Waals surface area contributed by atoms with Crippen molar-refractivity contribution < 1.29 is 26.7 Å². The van der Waals surface area contributed by atoms with E-state index in [1.165, 1.54) is 16.5 Å². The average Bonchev–Trinajstić information content (AvgIpc) is 2.45. The zero-order valence-electron chi connectivity index (χ0n) is 13.1. The van der Waals surface area contributed by atoms with Crippen LogP contribution in [0.2, 0.25) is 0 Å². The molecule has 1 atom stereocenters. The van der Waals surface area contributed by atoms with Crippen LogP contribution in [0.15, 0.2) is 43.0 Å². The van der Waals surface area contributed by atoms with Crippen LogP contribution < -0.4 is 27.2 Å². The monoisotopic (exact) mass is 354 g/mol. The van der Waals surface area contributed by atoms with Crippen LogP contribution in [-0.2, 0) is 11.2 Å². The minimum Gasteiger partial charge on any atom is -1.00 e. The van der Waals surface area contributed by atoms with Gasteiger partial charge in [0.1, 0.15) is 0 Å². The maximum Gasteiger partial charge on any atom is 0.243 e. The molecule has 1 aromatic carbocycles. The van der Waals surface area contributed by atoms with Gasteiger partial charge in [0.2, 0.25) is 5.91 Å².